The van der Waals surface area contributed by atoms with Crippen molar-refractivity contribution >= 4 is 22.5 Å². The van der Waals surface area contributed by atoms with Crippen molar-refractivity contribution < 1.29 is 23.7 Å². The molecule has 146 valence electrons. The minimum atomic E-state index is -0.305. The Bertz CT molecular complexity index is 1010. The van der Waals surface area contributed by atoms with Crippen molar-refractivity contribution in [1.82, 2.24) is 4.98 Å². The highest BCUT2D eigenvalue weighted by molar-refractivity contribution is 6.08. The Morgan fingerprint density at radius 1 is 1.11 bits per heavy atom. The maximum atomic E-state index is 12.8. The lowest BCUT2D eigenvalue weighted by atomic mass is 10.2. The molecule has 0 unspecified atom stereocenters. The Morgan fingerprint density at radius 2 is 1.89 bits per heavy atom. The smallest absolute Gasteiger partial charge is 0.272 e. The molecule has 0 saturated heterocycles. The Kier molecular flexibility index (Phi) is 5.74. The number of H-pyrrole nitrogens is 1. The second-order valence-electron chi connectivity index (χ2n) is 5.87. The number of aromatic nitrogens is 1. The second kappa shape index (κ2) is 8.39. The topological polar surface area (TPSA) is 81.8 Å². The molecule has 7 nitrogen and oxygen atoms in total. The van der Waals surface area contributed by atoms with Crippen molar-refractivity contribution in [3.8, 4) is 23.0 Å². The fourth-order valence-electron chi connectivity index (χ4n) is 2.88. The molecule has 2 aromatic carbocycles. The maximum absolute atomic E-state index is 12.8. The van der Waals surface area contributed by atoms with E-state index in [1.807, 2.05) is 6.07 Å². The number of hydrogen-bond acceptors (Lipinski definition) is 5. The van der Waals surface area contributed by atoms with E-state index < -0.39 is 0 Å². The lowest BCUT2D eigenvalue weighted by molar-refractivity contribution is 0.102. The first-order valence-corrected chi connectivity index (χ1v) is 8.58. The molecule has 2 N–H and O–H groups in total. The molecule has 0 radical (unpaired) electrons. The van der Waals surface area contributed by atoms with Gasteiger partial charge in [-0.25, -0.2) is 0 Å². The summed E-state index contributed by atoms with van der Waals surface area (Å²) >= 11 is 0. The molecule has 0 atom stereocenters. The summed E-state index contributed by atoms with van der Waals surface area (Å²) in [5, 5.41) is 3.57. The SMILES string of the molecule is C=CCOc1cccc(NC(=O)c2cc3c(OC)cc(OC)c(OC)c3[nH]2)c1. The van der Waals surface area contributed by atoms with Crippen LogP contribution in [-0.4, -0.2) is 38.8 Å². The fraction of sp³-hybridized carbons (Fsp3) is 0.190. The average Bonchev–Trinajstić information content (AvgIpc) is 3.16. The van der Waals surface area contributed by atoms with Crippen LogP contribution in [0.25, 0.3) is 10.9 Å². The van der Waals surface area contributed by atoms with Crippen LogP contribution < -0.4 is 24.3 Å². The zero-order valence-corrected chi connectivity index (χ0v) is 16.0. The zero-order chi connectivity index (χ0) is 20.1. The van der Waals surface area contributed by atoms with E-state index in [0.717, 1.165) is 0 Å². The minimum Gasteiger partial charge on any atom is -0.496 e. The summed E-state index contributed by atoms with van der Waals surface area (Å²) in [7, 11) is 4.64. The van der Waals surface area contributed by atoms with Gasteiger partial charge in [-0.15, -0.1) is 0 Å². The Morgan fingerprint density at radius 3 is 2.57 bits per heavy atom. The highest BCUT2D eigenvalue weighted by atomic mass is 16.5. The zero-order valence-electron chi connectivity index (χ0n) is 16.0. The summed E-state index contributed by atoms with van der Waals surface area (Å²) in [6, 6.07) is 10.6. The monoisotopic (exact) mass is 382 g/mol. The van der Waals surface area contributed by atoms with E-state index in [2.05, 4.69) is 16.9 Å². The van der Waals surface area contributed by atoms with Gasteiger partial charge >= 0.3 is 0 Å². The number of rotatable bonds is 8. The van der Waals surface area contributed by atoms with E-state index in [4.69, 9.17) is 18.9 Å². The molecule has 3 rings (SSSR count). The number of hydrogen-bond donors (Lipinski definition) is 2. The molecule has 28 heavy (non-hydrogen) atoms. The van der Waals surface area contributed by atoms with Gasteiger partial charge in [-0.3, -0.25) is 4.79 Å². The number of ether oxygens (including phenoxy) is 4. The third-order valence-electron chi connectivity index (χ3n) is 4.14. The van der Waals surface area contributed by atoms with Gasteiger partial charge in [-0.1, -0.05) is 18.7 Å². The van der Waals surface area contributed by atoms with E-state index in [1.165, 1.54) is 0 Å². The summed E-state index contributed by atoms with van der Waals surface area (Å²) in [6.07, 6.45) is 1.66. The van der Waals surface area contributed by atoms with Gasteiger partial charge in [0.05, 0.1) is 26.8 Å². The molecule has 7 heteroatoms. The van der Waals surface area contributed by atoms with Gasteiger partial charge in [0.25, 0.3) is 5.91 Å². The van der Waals surface area contributed by atoms with E-state index in [9.17, 15) is 4.79 Å². The predicted octanol–water partition coefficient (Wildman–Crippen LogP) is 4.01. The maximum Gasteiger partial charge on any atom is 0.272 e. The van der Waals surface area contributed by atoms with Gasteiger partial charge in [-0.2, -0.15) is 0 Å². The number of carbonyl (C=O) groups is 1. The van der Waals surface area contributed by atoms with Gasteiger partial charge in [0.15, 0.2) is 11.5 Å². The van der Waals surface area contributed by atoms with Crippen molar-refractivity contribution in [3.63, 3.8) is 0 Å². The lowest BCUT2D eigenvalue weighted by Crippen LogP contribution is -2.12. The van der Waals surface area contributed by atoms with Crippen LogP contribution in [0.3, 0.4) is 0 Å². The highest BCUT2D eigenvalue weighted by Crippen LogP contribution is 2.41. The molecule has 0 aliphatic carbocycles. The van der Waals surface area contributed by atoms with E-state index in [0.29, 0.717) is 51.9 Å². The van der Waals surface area contributed by atoms with Crippen LogP contribution in [0.15, 0.2) is 49.1 Å². The van der Waals surface area contributed by atoms with Crippen molar-refractivity contribution in [1.29, 1.82) is 0 Å². The first kappa shape index (κ1) is 19.2. The normalized spacial score (nSPS) is 10.4. The molecule has 1 amide bonds. The number of anilines is 1. The third kappa shape index (κ3) is 3.73. The number of amides is 1. The summed E-state index contributed by atoms with van der Waals surface area (Å²) in [6.45, 7) is 4.01. The molecule has 0 saturated carbocycles. The summed E-state index contributed by atoms with van der Waals surface area (Å²) in [5.41, 5.74) is 1.59. The van der Waals surface area contributed by atoms with Crippen LogP contribution in [0.5, 0.6) is 23.0 Å². The van der Waals surface area contributed by atoms with Crippen LogP contribution in [0, 0.1) is 0 Å². The summed E-state index contributed by atoms with van der Waals surface area (Å²) < 4.78 is 21.7. The molecule has 3 aromatic rings. The third-order valence-corrected chi connectivity index (χ3v) is 4.14. The van der Waals surface area contributed by atoms with Crippen LogP contribution in [0.4, 0.5) is 5.69 Å². The van der Waals surface area contributed by atoms with Crippen LogP contribution in [0.2, 0.25) is 0 Å². The molecule has 0 aliphatic heterocycles. The van der Waals surface area contributed by atoms with Crippen molar-refractivity contribution in [3.05, 3.63) is 54.7 Å². The molecule has 1 heterocycles. The minimum absolute atomic E-state index is 0.305. The summed E-state index contributed by atoms with van der Waals surface area (Å²) in [4.78, 5) is 15.8. The van der Waals surface area contributed by atoms with Gasteiger partial charge in [0, 0.05) is 23.2 Å². The van der Waals surface area contributed by atoms with Gasteiger partial charge in [-0.05, 0) is 18.2 Å². The van der Waals surface area contributed by atoms with Crippen LogP contribution in [0.1, 0.15) is 10.5 Å². The predicted molar refractivity (Wildman–Crippen MR) is 108 cm³/mol. The van der Waals surface area contributed by atoms with Gasteiger partial charge in [0.2, 0.25) is 0 Å². The van der Waals surface area contributed by atoms with Gasteiger partial charge in [0.1, 0.15) is 23.8 Å². The van der Waals surface area contributed by atoms with Crippen LogP contribution in [-0.2, 0) is 0 Å². The van der Waals surface area contributed by atoms with E-state index in [1.54, 1.807) is 57.7 Å². The van der Waals surface area contributed by atoms with Gasteiger partial charge < -0.3 is 29.2 Å². The Labute approximate surface area is 162 Å². The summed E-state index contributed by atoms with van der Waals surface area (Å²) in [5.74, 6) is 1.91. The Balaban J connectivity index is 1.93. The first-order chi connectivity index (χ1) is 13.6. The Hall–Kier alpha value is -3.61. The highest BCUT2D eigenvalue weighted by Gasteiger charge is 2.19. The van der Waals surface area contributed by atoms with E-state index >= 15 is 0 Å². The van der Waals surface area contributed by atoms with E-state index in [-0.39, 0.29) is 5.91 Å². The van der Waals surface area contributed by atoms with Crippen molar-refractivity contribution in [2.24, 2.45) is 0 Å². The van der Waals surface area contributed by atoms with Crippen molar-refractivity contribution in [2.45, 2.75) is 0 Å². The molecule has 0 bridgehead atoms. The quantitative estimate of drug-likeness (QED) is 0.575. The fourth-order valence-corrected chi connectivity index (χ4v) is 2.88. The standard InChI is InChI=1S/C21H22N2O5/c1-5-9-28-14-8-6-7-13(10-14)22-21(24)16-11-15-17(25-2)12-18(26-3)20(27-4)19(15)23-16/h5-8,10-12,23H,1,9H2,2-4H3,(H,22,24). The number of methoxy groups -OCH3 is 3. The van der Waals surface area contributed by atoms with Crippen LogP contribution >= 0.6 is 0 Å². The lowest BCUT2D eigenvalue weighted by Gasteiger charge is -2.11. The molecular formula is C21H22N2O5. The molecule has 0 aliphatic rings. The molecule has 0 spiro atoms. The largest absolute Gasteiger partial charge is 0.496 e. The first-order valence-electron chi connectivity index (χ1n) is 8.58. The molecule has 1 aromatic heterocycles. The van der Waals surface area contributed by atoms with Crippen molar-refractivity contribution in [2.75, 3.05) is 33.3 Å². The number of fused-ring (bicyclic) bond motifs is 1. The molecule has 0 fully saturated rings. The number of nitrogens with one attached hydrogen (secondary N) is 2. The molecular weight excluding hydrogens is 360 g/mol. The average molecular weight is 382 g/mol. The second-order valence-corrected chi connectivity index (χ2v) is 5.87. The number of aromatic amines is 1. The number of carbonyl (C=O) groups excluding carboxylic acids is 1. The number of benzene rings is 2.